The van der Waals surface area contributed by atoms with E-state index < -0.39 is 0 Å². The van der Waals surface area contributed by atoms with Crippen LogP contribution in [0.4, 0.5) is 11.4 Å². The average Bonchev–Trinajstić information content (AvgIpc) is 2.82. The molecule has 90 valence electrons. The summed E-state index contributed by atoms with van der Waals surface area (Å²) in [6.45, 7) is 0.993. The van der Waals surface area contributed by atoms with Gasteiger partial charge in [-0.15, -0.1) is 0 Å². The molecule has 1 aliphatic rings. The van der Waals surface area contributed by atoms with Crippen LogP contribution in [0.15, 0.2) is 42.6 Å². The summed E-state index contributed by atoms with van der Waals surface area (Å²) in [4.78, 5) is 6.89. The molecular weight excluding hydrogens is 242 g/mol. The Balaban J connectivity index is 1.95. The van der Waals surface area contributed by atoms with Crippen LogP contribution in [0.5, 0.6) is 0 Å². The first kappa shape index (κ1) is 11.2. The summed E-state index contributed by atoms with van der Waals surface area (Å²) in [6.07, 6.45) is 2.91. The highest BCUT2D eigenvalue weighted by molar-refractivity contribution is 7.80. The van der Waals surface area contributed by atoms with Crippen molar-refractivity contribution in [3.8, 4) is 0 Å². The number of hydrogen-bond donors (Lipinski definition) is 1. The molecule has 0 radical (unpaired) electrons. The van der Waals surface area contributed by atoms with Gasteiger partial charge in [-0.25, -0.2) is 0 Å². The molecule has 2 N–H and O–H groups in total. The average molecular weight is 255 g/mol. The van der Waals surface area contributed by atoms with Gasteiger partial charge in [0.2, 0.25) is 0 Å². The van der Waals surface area contributed by atoms with Crippen LogP contribution in [0.25, 0.3) is 0 Å². The minimum atomic E-state index is 0.336. The Bertz CT molecular complexity index is 592. The second-order valence-corrected chi connectivity index (χ2v) is 4.74. The molecule has 0 saturated heterocycles. The summed E-state index contributed by atoms with van der Waals surface area (Å²) >= 11 is 4.90. The van der Waals surface area contributed by atoms with Crippen LogP contribution in [-0.2, 0) is 6.42 Å². The van der Waals surface area contributed by atoms with Crippen molar-refractivity contribution in [3.05, 3.63) is 53.9 Å². The highest BCUT2D eigenvalue weighted by atomic mass is 32.1. The molecule has 0 amide bonds. The van der Waals surface area contributed by atoms with Gasteiger partial charge in [-0.05, 0) is 30.2 Å². The highest BCUT2D eigenvalue weighted by Crippen LogP contribution is 2.33. The van der Waals surface area contributed by atoms with Gasteiger partial charge in [-0.1, -0.05) is 30.4 Å². The molecule has 0 bridgehead atoms. The standard InChI is InChI=1S/C14H13N3S/c15-14(18)12-6-5-11(9-16-12)17-8-7-10-3-1-2-4-13(10)17/h1-6,9H,7-8H2,(H2,15,18). The third-order valence-electron chi connectivity index (χ3n) is 3.20. The molecule has 4 heteroatoms. The van der Waals surface area contributed by atoms with Gasteiger partial charge in [-0.2, -0.15) is 0 Å². The van der Waals surface area contributed by atoms with Crippen LogP contribution < -0.4 is 10.6 Å². The molecular formula is C14H13N3S. The van der Waals surface area contributed by atoms with Gasteiger partial charge in [0.25, 0.3) is 0 Å². The number of benzene rings is 1. The van der Waals surface area contributed by atoms with Gasteiger partial charge in [0, 0.05) is 12.2 Å². The number of fused-ring (bicyclic) bond motifs is 1. The second kappa shape index (κ2) is 4.38. The highest BCUT2D eigenvalue weighted by Gasteiger charge is 2.19. The predicted octanol–water partition coefficient (Wildman–Crippen LogP) is 2.41. The Hall–Kier alpha value is -1.94. The zero-order valence-corrected chi connectivity index (χ0v) is 10.7. The first-order chi connectivity index (χ1) is 8.75. The van der Waals surface area contributed by atoms with Crippen LogP contribution in [0.3, 0.4) is 0 Å². The monoisotopic (exact) mass is 255 g/mol. The lowest BCUT2D eigenvalue weighted by Crippen LogP contribution is -2.15. The maximum absolute atomic E-state index is 5.55. The SMILES string of the molecule is NC(=S)c1ccc(N2CCc3ccccc32)cn1. The zero-order valence-electron chi connectivity index (χ0n) is 9.84. The Kier molecular flexibility index (Phi) is 2.72. The maximum Gasteiger partial charge on any atom is 0.122 e. The van der Waals surface area contributed by atoms with Crippen molar-refractivity contribution < 1.29 is 0 Å². The third kappa shape index (κ3) is 1.84. The number of pyridine rings is 1. The molecule has 18 heavy (non-hydrogen) atoms. The van der Waals surface area contributed by atoms with E-state index in [9.17, 15) is 0 Å². The topological polar surface area (TPSA) is 42.1 Å². The van der Waals surface area contributed by atoms with Crippen molar-refractivity contribution in [2.24, 2.45) is 5.73 Å². The number of thiocarbonyl (C=S) groups is 1. The Labute approximate surface area is 111 Å². The van der Waals surface area contributed by atoms with E-state index in [0.29, 0.717) is 10.7 Å². The van der Waals surface area contributed by atoms with E-state index in [2.05, 4.69) is 34.1 Å². The van der Waals surface area contributed by atoms with E-state index in [4.69, 9.17) is 18.0 Å². The van der Waals surface area contributed by atoms with Gasteiger partial charge in [0.05, 0.1) is 17.6 Å². The first-order valence-electron chi connectivity index (χ1n) is 5.87. The summed E-state index contributed by atoms with van der Waals surface area (Å²) in [5.74, 6) is 0. The number of aromatic nitrogens is 1. The van der Waals surface area contributed by atoms with Crippen LogP contribution >= 0.6 is 12.2 Å². The lowest BCUT2D eigenvalue weighted by Gasteiger charge is -2.19. The molecule has 1 aromatic carbocycles. The molecule has 0 fully saturated rings. The van der Waals surface area contributed by atoms with Gasteiger partial charge in [0.15, 0.2) is 0 Å². The number of nitrogens with two attached hydrogens (primary N) is 1. The van der Waals surface area contributed by atoms with E-state index in [1.807, 2.05) is 18.3 Å². The molecule has 0 unspecified atom stereocenters. The quantitative estimate of drug-likeness (QED) is 0.837. The van der Waals surface area contributed by atoms with E-state index in [-0.39, 0.29) is 0 Å². The van der Waals surface area contributed by atoms with Crippen molar-refractivity contribution in [2.75, 3.05) is 11.4 Å². The molecule has 0 atom stereocenters. The molecule has 1 aromatic heterocycles. The van der Waals surface area contributed by atoms with Crippen LogP contribution in [0.2, 0.25) is 0 Å². The smallest absolute Gasteiger partial charge is 0.122 e. The predicted molar refractivity (Wildman–Crippen MR) is 77.3 cm³/mol. The summed E-state index contributed by atoms with van der Waals surface area (Å²) < 4.78 is 0. The molecule has 2 heterocycles. The van der Waals surface area contributed by atoms with Crippen LogP contribution in [0.1, 0.15) is 11.3 Å². The second-order valence-electron chi connectivity index (χ2n) is 4.30. The van der Waals surface area contributed by atoms with Crippen molar-refractivity contribution in [2.45, 2.75) is 6.42 Å². The lowest BCUT2D eigenvalue weighted by atomic mass is 10.2. The minimum Gasteiger partial charge on any atom is -0.388 e. The number of anilines is 2. The summed E-state index contributed by atoms with van der Waals surface area (Å²) in [7, 11) is 0. The third-order valence-corrected chi connectivity index (χ3v) is 3.41. The number of nitrogens with zero attached hydrogens (tertiary/aromatic N) is 2. The fourth-order valence-electron chi connectivity index (χ4n) is 2.30. The van der Waals surface area contributed by atoms with Gasteiger partial charge >= 0.3 is 0 Å². The first-order valence-corrected chi connectivity index (χ1v) is 6.28. The summed E-state index contributed by atoms with van der Waals surface area (Å²) in [6, 6.07) is 12.3. The van der Waals surface area contributed by atoms with E-state index >= 15 is 0 Å². The van der Waals surface area contributed by atoms with Crippen molar-refractivity contribution >= 4 is 28.6 Å². The van der Waals surface area contributed by atoms with Crippen LogP contribution in [-0.4, -0.2) is 16.5 Å². The molecule has 1 aliphatic heterocycles. The van der Waals surface area contributed by atoms with Crippen molar-refractivity contribution in [1.29, 1.82) is 0 Å². The molecule has 2 aromatic rings. The van der Waals surface area contributed by atoms with Gasteiger partial charge in [0.1, 0.15) is 4.99 Å². The van der Waals surface area contributed by atoms with Crippen molar-refractivity contribution in [1.82, 2.24) is 4.98 Å². The summed E-state index contributed by atoms with van der Waals surface area (Å²) in [5, 5.41) is 0. The summed E-state index contributed by atoms with van der Waals surface area (Å²) in [5.41, 5.74) is 9.95. The fourth-order valence-corrected chi connectivity index (χ4v) is 2.42. The van der Waals surface area contributed by atoms with Crippen molar-refractivity contribution in [3.63, 3.8) is 0 Å². The fraction of sp³-hybridized carbons (Fsp3) is 0.143. The van der Waals surface area contributed by atoms with E-state index in [1.165, 1.54) is 11.3 Å². The molecule has 0 saturated carbocycles. The van der Waals surface area contributed by atoms with Gasteiger partial charge in [-0.3, -0.25) is 4.98 Å². The maximum atomic E-state index is 5.55. The van der Waals surface area contributed by atoms with Crippen LogP contribution in [0, 0.1) is 0 Å². The Morgan fingerprint density at radius 2 is 2.06 bits per heavy atom. The van der Waals surface area contributed by atoms with E-state index in [0.717, 1.165) is 18.7 Å². The molecule has 3 rings (SSSR count). The minimum absolute atomic E-state index is 0.336. The molecule has 0 aliphatic carbocycles. The zero-order chi connectivity index (χ0) is 12.5. The number of para-hydroxylation sites is 1. The van der Waals surface area contributed by atoms with Gasteiger partial charge < -0.3 is 10.6 Å². The molecule has 3 nitrogen and oxygen atoms in total. The number of rotatable bonds is 2. The Morgan fingerprint density at radius 3 is 2.78 bits per heavy atom. The number of hydrogen-bond acceptors (Lipinski definition) is 3. The normalized spacial score (nSPS) is 13.4. The van der Waals surface area contributed by atoms with E-state index in [1.54, 1.807) is 0 Å². The Morgan fingerprint density at radius 1 is 1.22 bits per heavy atom. The largest absolute Gasteiger partial charge is 0.388 e. The lowest BCUT2D eigenvalue weighted by molar-refractivity contribution is 0.992. The molecule has 0 spiro atoms.